The number of nitrogens with zero attached hydrogens (tertiary/aromatic N) is 1. The van der Waals surface area contributed by atoms with Crippen LogP contribution in [0.4, 0.5) is 0 Å². The van der Waals surface area contributed by atoms with E-state index < -0.39 is 17.4 Å². The molecule has 0 aromatic carbocycles. The molecule has 0 spiro atoms. The predicted octanol–water partition coefficient (Wildman–Crippen LogP) is 1.63. The highest BCUT2D eigenvalue weighted by molar-refractivity contribution is 9.10. The van der Waals surface area contributed by atoms with Gasteiger partial charge in [0, 0.05) is 7.05 Å². The van der Waals surface area contributed by atoms with Crippen molar-refractivity contribution in [3.63, 3.8) is 0 Å². The summed E-state index contributed by atoms with van der Waals surface area (Å²) in [4.78, 5) is 36.2. The Morgan fingerprint density at radius 3 is 2.55 bits per heavy atom. The molecule has 2 rings (SSSR count). The number of hydrogen-bond donors (Lipinski definition) is 2. The molecule has 8 heteroatoms. The summed E-state index contributed by atoms with van der Waals surface area (Å²) in [6.45, 7) is -0.154. The van der Waals surface area contributed by atoms with Crippen molar-refractivity contribution in [1.82, 2.24) is 10.2 Å². The average Bonchev–Trinajstić information content (AvgIpc) is 2.81. The summed E-state index contributed by atoms with van der Waals surface area (Å²) in [5.41, 5.74) is -0.666. The topological polar surface area (TPSA) is 99.9 Å². The smallest absolute Gasteiger partial charge is 0.305 e. The second-order valence-corrected chi connectivity index (χ2v) is 6.30. The zero-order valence-corrected chi connectivity index (χ0v) is 13.7. The minimum Gasteiger partial charge on any atom is -0.481 e. The lowest BCUT2D eigenvalue weighted by atomic mass is 9.74. The number of nitrogens with one attached hydrogen (secondary N) is 1. The van der Waals surface area contributed by atoms with Gasteiger partial charge in [-0.1, -0.05) is 0 Å². The van der Waals surface area contributed by atoms with E-state index in [-0.39, 0.29) is 24.6 Å². The van der Waals surface area contributed by atoms with E-state index in [4.69, 9.17) is 9.52 Å². The molecule has 0 saturated heterocycles. The monoisotopic (exact) mass is 372 g/mol. The van der Waals surface area contributed by atoms with Crippen LogP contribution in [0.3, 0.4) is 0 Å². The normalized spacial score (nSPS) is 15.7. The minimum absolute atomic E-state index is 0.0957. The van der Waals surface area contributed by atoms with E-state index in [0.29, 0.717) is 17.5 Å². The first-order valence-corrected chi connectivity index (χ1v) is 7.64. The van der Waals surface area contributed by atoms with Crippen LogP contribution in [0.15, 0.2) is 21.2 Å². The molecule has 1 aliphatic rings. The van der Waals surface area contributed by atoms with Gasteiger partial charge in [0.2, 0.25) is 5.91 Å². The Balaban J connectivity index is 1.91. The summed E-state index contributed by atoms with van der Waals surface area (Å²) in [5.74, 6) is -1.60. The Hall–Kier alpha value is -1.83. The number of rotatable bonds is 6. The Bertz CT molecular complexity index is 594. The van der Waals surface area contributed by atoms with Crippen LogP contribution in [0.25, 0.3) is 0 Å². The molecule has 0 unspecified atom stereocenters. The van der Waals surface area contributed by atoms with Gasteiger partial charge in [0.1, 0.15) is 0 Å². The van der Waals surface area contributed by atoms with Gasteiger partial charge in [-0.25, -0.2) is 0 Å². The molecule has 0 radical (unpaired) electrons. The maximum absolute atomic E-state index is 12.1. The fraction of sp³-hybridized carbons (Fsp3) is 0.500. The van der Waals surface area contributed by atoms with E-state index in [2.05, 4.69) is 21.2 Å². The number of aliphatic carboxylic acids is 1. The van der Waals surface area contributed by atoms with Crippen LogP contribution in [0.5, 0.6) is 0 Å². The molecule has 2 N–H and O–H groups in total. The lowest BCUT2D eigenvalue weighted by molar-refractivity contribution is -0.140. The Morgan fingerprint density at radius 1 is 1.41 bits per heavy atom. The molecule has 7 nitrogen and oxygen atoms in total. The molecule has 1 fully saturated rings. The summed E-state index contributed by atoms with van der Waals surface area (Å²) in [5, 5.41) is 11.7. The average molecular weight is 373 g/mol. The van der Waals surface area contributed by atoms with Crippen molar-refractivity contribution in [2.24, 2.45) is 0 Å². The van der Waals surface area contributed by atoms with Crippen molar-refractivity contribution >= 4 is 33.7 Å². The molecule has 22 heavy (non-hydrogen) atoms. The van der Waals surface area contributed by atoms with Crippen LogP contribution in [0.2, 0.25) is 0 Å². The first-order valence-electron chi connectivity index (χ1n) is 6.85. The molecule has 1 heterocycles. The molecular weight excluding hydrogens is 356 g/mol. The Labute approximate surface area is 135 Å². The summed E-state index contributed by atoms with van der Waals surface area (Å²) in [6, 6.07) is 3.11. The number of hydrogen-bond acceptors (Lipinski definition) is 4. The predicted molar refractivity (Wildman–Crippen MR) is 80.3 cm³/mol. The van der Waals surface area contributed by atoms with E-state index in [9.17, 15) is 14.4 Å². The van der Waals surface area contributed by atoms with Gasteiger partial charge >= 0.3 is 5.97 Å². The highest BCUT2D eigenvalue weighted by atomic mass is 79.9. The number of likely N-dealkylation sites (N-methyl/N-ethyl adjacent to an activating group) is 1. The van der Waals surface area contributed by atoms with Crippen molar-refractivity contribution < 1.29 is 23.9 Å². The quantitative estimate of drug-likeness (QED) is 0.790. The molecule has 1 saturated carbocycles. The maximum atomic E-state index is 12.1. The van der Waals surface area contributed by atoms with Gasteiger partial charge in [-0.3, -0.25) is 14.4 Å². The molecular formula is C14H17BrN2O5. The fourth-order valence-corrected chi connectivity index (χ4v) is 2.79. The Morgan fingerprint density at radius 2 is 2.09 bits per heavy atom. The third-order valence-corrected chi connectivity index (χ3v) is 4.14. The number of carbonyl (C=O) groups excluding carboxylic acids is 2. The first kappa shape index (κ1) is 16.5. The van der Waals surface area contributed by atoms with E-state index >= 15 is 0 Å². The number of carboxylic acids is 1. The summed E-state index contributed by atoms with van der Waals surface area (Å²) >= 11 is 3.11. The highest BCUT2D eigenvalue weighted by Gasteiger charge is 2.40. The van der Waals surface area contributed by atoms with Gasteiger partial charge in [-0.15, -0.1) is 0 Å². The number of carbonyl (C=O) groups is 3. The van der Waals surface area contributed by atoms with Gasteiger partial charge in [0.05, 0.1) is 18.5 Å². The largest absolute Gasteiger partial charge is 0.481 e. The molecule has 0 atom stereocenters. The van der Waals surface area contributed by atoms with Crippen LogP contribution in [-0.4, -0.2) is 46.9 Å². The molecule has 2 amide bonds. The second kappa shape index (κ2) is 6.51. The van der Waals surface area contributed by atoms with Crippen molar-refractivity contribution in [2.45, 2.75) is 31.2 Å². The van der Waals surface area contributed by atoms with Gasteiger partial charge < -0.3 is 19.7 Å². The number of furan rings is 1. The standard InChI is InChI=1S/C14H17BrN2O5/c1-17(13(21)9-3-4-10(15)22-9)8-11(18)16-14(5-2-6-14)7-12(19)20/h3-4H,2,5-8H2,1H3,(H,16,18)(H,19,20). The van der Waals surface area contributed by atoms with Crippen molar-refractivity contribution in [3.8, 4) is 0 Å². The van der Waals surface area contributed by atoms with Crippen molar-refractivity contribution in [3.05, 3.63) is 22.6 Å². The van der Waals surface area contributed by atoms with Crippen LogP contribution in [0, 0.1) is 0 Å². The number of halogens is 1. The summed E-state index contributed by atoms with van der Waals surface area (Å²) < 4.78 is 5.58. The van der Waals surface area contributed by atoms with Crippen molar-refractivity contribution in [1.29, 1.82) is 0 Å². The van der Waals surface area contributed by atoms with Crippen LogP contribution < -0.4 is 5.32 Å². The lowest BCUT2D eigenvalue weighted by Gasteiger charge is -2.41. The molecule has 0 bridgehead atoms. The van der Waals surface area contributed by atoms with E-state index in [1.54, 1.807) is 6.07 Å². The number of amides is 2. The summed E-state index contributed by atoms with van der Waals surface area (Å²) in [7, 11) is 1.49. The second-order valence-electron chi connectivity index (χ2n) is 5.52. The van der Waals surface area contributed by atoms with Gasteiger partial charge in [0.25, 0.3) is 5.91 Å². The zero-order chi connectivity index (χ0) is 16.3. The lowest BCUT2D eigenvalue weighted by Crippen LogP contribution is -2.56. The third-order valence-electron chi connectivity index (χ3n) is 3.72. The zero-order valence-electron chi connectivity index (χ0n) is 12.1. The molecule has 1 aromatic rings. The maximum Gasteiger partial charge on any atom is 0.305 e. The molecule has 1 aliphatic carbocycles. The highest BCUT2D eigenvalue weighted by Crippen LogP contribution is 2.34. The molecule has 1 aromatic heterocycles. The van der Waals surface area contributed by atoms with Crippen LogP contribution >= 0.6 is 15.9 Å². The summed E-state index contributed by atoms with van der Waals surface area (Å²) in [6.07, 6.45) is 2.09. The Kier molecular flexibility index (Phi) is 4.90. The third kappa shape index (κ3) is 3.88. The van der Waals surface area contributed by atoms with Gasteiger partial charge in [0.15, 0.2) is 10.4 Å². The molecule has 0 aliphatic heterocycles. The molecule has 120 valence electrons. The van der Waals surface area contributed by atoms with E-state index in [1.807, 2.05) is 0 Å². The SMILES string of the molecule is CN(CC(=O)NC1(CC(=O)O)CCC1)C(=O)c1ccc(Br)o1. The number of carboxylic acid groups (broad SMARTS) is 1. The van der Waals surface area contributed by atoms with E-state index in [0.717, 1.165) is 6.42 Å². The first-order chi connectivity index (χ1) is 10.3. The van der Waals surface area contributed by atoms with Crippen LogP contribution in [-0.2, 0) is 9.59 Å². The van der Waals surface area contributed by atoms with Crippen molar-refractivity contribution in [2.75, 3.05) is 13.6 Å². The van der Waals surface area contributed by atoms with Gasteiger partial charge in [-0.2, -0.15) is 0 Å². The van der Waals surface area contributed by atoms with Crippen LogP contribution in [0.1, 0.15) is 36.2 Å². The van der Waals surface area contributed by atoms with Gasteiger partial charge in [-0.05, 0) is 47.3 Å². The minimum atomic E-state index is -0.940. The van der Waals surface area contributed by atoms with E-state index in [1.165, 1.54) is 18.0 Å². The fourth-order valence-electron chi connectivity index (χ4n) is 2.48.